The molecule has 1 heterocycles. The summed E-state index contributed by atoms with van der Waals surface area (Å²) in [5.41, 5.74) is 1.85. The van der Waals surface area contributed by atoms with E-state index in [1.54, 1.807) is 12.1 Å². The number of amides is 1. The average molecular weight is 453 g/mol. The first-order valence-electron chi connectivity index (χ1n) is 10.8. The minimum Gasteiger partial charge on any atom is -0.457 e. The lowest BCUT2D eigenvalue weighted by atomic mass is 9.95. The maximum Gasteiger partial charge on any atom is 0.223 e. The zero-order chi connectivity index (χ0) is 22.3. The highest BCUT2D eigenvalue weighted by Gasteiger charge is 2.26. The summed E-state index contributed by atoms with van der Waals surface area (Å²) < 4.78 is 19.1. The number of carbonyl (C=O) groups excluding carboxylic acids is 1. The lowest BCUT2D eigenvalue weighted by molar-refractivity contribution is -0.126. The van der Waals surface area contributed by atoms with Crippen molar-refractivity contribution in [3.8, 4) is 11.5 Å². The molecule has 0 bridgehead atoms. The van der Waals surface area contributed by atoms with Crippen LogP contribution < -0.4 is 10.1 Å². The quantitative estimate of drug-likeness (QED) is 0.492. The lowest BCUT2D eigenvalue weighted by Crippen LogP contribution is -2.40. The average Bonchev–Trinajstić information content (AvgIpc) is 2.82. The molecule has 3 aromatic carbocycles. The first kappa shape index (κ1) is 22.3. The van der Waals surface area contributed by atoms with Crippen LogP contribution in [0.25, 0.3) is 0 Å². The number of nitrogens with one attached hydrogen (secondary N) is 1. The number of para-hydroxylation sites is 1. The third-order valence-electron chi connectivity index (χ3n) is 5.77. The van der Waals surface area contributed by atoms with Crippen LogP contribution in [-0.4, -0.2) is 23.9 Å². The van der Waals surface area contributed by atoms with Gasteiger partial charge in [0.1, 0.15) is 17.3 Å². The third-order valence-corrected chi connectivity index (χ3v) is 6.12. The van der Waals surface area contributed by atoms with E-state index in [2.05, 4.69) is 10.2 Å². The molecule has 1 amide bonds. The highest BCUT2D eigenvalue weighted by atomic mass is 35.5. The van der Waals surface area contributed by atoms with Gasteiger partial charge in [-0.05, 0) is 67.9 Å². The second-order valence-electron chi connectivity index (χ2n) is 8.03. The van der Waals surface area contributed by atoms with Crippen molar-refractivity contribution in [2.75, 3.05) is 13.1 Å². The molecule has 6 heteroatoms. The van der Waals surface area contributed by atoms with Crippen molar-refractivity contribution in [2.45, 2.75) is 25.9 Å². The number of halogens is 2. The van der Waals surface area contributed by atoms with Gasteiger partial charge in [-0.1, -0.05) is 48.0 Å². The monoisotopic (exact) mass is 452 g/mol. The van der Waals surface area contributed by atoms with E-state index < -0.39 is 0 Å². The molecule has 0 aromatic heterocycles. The van der Waals surface area contributed by atoms with Gasteiger partial charge in [-0.2, -0.15) is 0 Å². The van der Waals surface area contributed by atoms with Crippen LogP contribution in [0.5, 0.6) is 11.5 Å². The van der Waals surface area contributed by atoms with Gasteiger partial charge in [0.2, 0.25) is 5.91 Å². The molecular formula is C26H26ClFN2O2. The van der Waals surface area contributed by atoms with Crippen LogP contribution in [0.2, 0.25) is 5.02 Å². The number of hydrogen-bond acceptors (Lipinski definition) is 3. The number of benzene rings is 3. The van der Waals surface area contributed by atoms with Crippen molar-refractivity contribution in [3.63, 3.8) is 0 Å². The highest BCUT2D eigenvalue weighted by Crippen LogP contribution is 2.32. The fourth-order valence-corrected chi connectivity index (χ4v) is 4.14. The van der Waals surface area contributed by atoms with Gasteiger partial charge in [0.05, 0.1) is 0 Å². The fraction of sp³-hybridized carbons (Fsp3) is 0.269. The van der Waals surface area contributed by atoms with E-state index >= 15 is 0 Å². The van der Waals surface area contributed by atoms with Crippen LogP contribution in [0.4, 0.5) is 4.39 Å². The Morgan fingerprint density at radius 1 is 1.00 bits per heavy atom. The molecule has 1 N–H and O–H groups in total. The number of hydrogen-bond donors (Lipinski definition) is 1. The van der Waals surface area contributed by atoms with E-state index in [0.29, 0.717) is 18.1 Å². The molecule has 0 radical (unpaired) electrons. The molecule has 4 nitrogen and oxygen atoms in total. The van der Waals surface area contributed by atoms with Crippen molar-refractivity contribution in [1.29, 1.82) is 0 Å². The Kier molecular flexibility index (Phi) is 7.40. The molecule has 1 aliphatic heterocycles. The second kappa shape index (κ2) is 10.6. The van der Waals surface area contributed by atoms with Gasteiger partial charge in [0.25, 0.3) is 0 Å². The molecule has 0 saturated carbocycles. The van der Waals surface area contributed by atoms with E-state index in [1.165, 1.54) is 12.1 Å². The van der Waals surface area contributed by atoms with Gasteiger partial charge in [-0.15, -0.1) is 0 Å². The number of piperidine rings is 1. The third kappa shape index (κ3) is 5.87. The van der Waals surface area contributed by atoms with Crippen LogP contribution in [0.1, 0.15) is 24.0 Å². The molecule has 4 rings (SSSR count). The summed E-state index contributed by atoms with van der Waals surface area (Å²) in [6, 6.07) is 21.6. The summed E-state index contributed by atoms with van der Waals surface area (Å²) in [5.74, 6) is 1.29. The van der Waals surface area contributed by atoms with Crippen LogP contribution in [-0.2, 0) is 17.9 Å². The van der Waals surface area contributed by atoms with E-state index in [1.807, 2.05) is 48.5 Å². The number of rotatable bonds is 7. The Morgan fingerprint density at radius 3 is 2.44 bits per heavy atom. The van der Waals surface area contributed by atoms with Gasteiger partial charge in [-0.25, -0.2) is 4.39 Å². The Balaban J connectivity index is 1.31. The summed E-state index contributed by atoms with van der Waals surface area (Å²) in [4.78, 5) is 14.9. The zero-order valence-electron chi connectivity index (χ0n) is 17.8. The maximum absolute atomic E-state index is 13.0. The Morgan fingerprint density at radius 2 is 1.72 bits per heavy atom. The van der Waals surface area contributed by atoms with Crippen molar-refractivity contribution in [2.24, 2.45) is 5.92 Å². The van der Waals surface area contributed by atoms with Gasteiger partial charge in [0.15, 0.2) is 0 Å². The molecule has 0 spiro atoms. The summed E-state index contributed by atoms with van der Waals surface area (Å²) in [6.07, 6.45) is 1.57. The van der Waals surface area contributed by atoms with Gasteiger partial charge >= 0.3 is 0 Å². The normalized spacial score (nSPS) is 14.8. The van der Waals surface area contributed by atoms with Crippen molar-refractivity contribution in [3.05, 3.63) is 94.8 Å². The molecule has 1 saturated heterocycles. The van der Waals surface area contributed by atoms with Crippen molar-refractivity contribution < 1.29 is 13.9 Å². The summed E-state index contributed by atoms with van der Waals surface area (Å²) >= 11 is 6.51. The summed E-state index contributed by atoms with van der Waals surface area (Å²) in [7, 11) is 0. The topological polar surface area (TPSA) is 41.6 Å². The highest BCUT2D eigenvalue weighted by molar-refractivity contribution is 6.31. The molecule has 1 aliphatic rings. The van der Waals surface area contributed by atoms with E-state index in [0.717, 1.165) is 48.6 Å². The molecule has 166 valence electrons. The van der Waals surface area contributed by atoms with E-state index in [-0.39, 0.29) is 17.6 Å². The molecule has 32 heavy (non-hydrogen) atoms. The largest absolute Gasteiger partial charge is 0.457 e. The van der Waals surface area contributed by atoms with Crippen LogP contribution in [0, 0.1) is 11.7 Å². The molecule has 3 aromatic rings. The van der Waals surface area contributed by atoms with Crippen LogP contribution in [0.15, 0.2) is 72.8 Å². The molecule has 0 aliphatic carbocycles. The molecular weight excluding hydrogens is 427 g/mol. The van der Waals surface area contributed by atoms with E-state index in [4.69, 9.17) is 16.3 Å². The zero-order valence-corrected chi connectivity index (χ0v) is 18.5. The predicted octanol–water partition coefficient (Wildman–Crippen LogP) is 5.80. The van der Waals surface area contributed by atoms with Crippen molar-refractivity contribution >= 4 is 17.5 Å². The fourth-order valence-electron chi connectivity index (χ4n) is 3.92. The van der Waals surface area contributed by atoms with Crippen LogP contribution >= 0.6 is 11.6 Å². The summed E-state index contributed by atoms with van der Waals surface area (Å²) in [5, 5.41) is 3.66. The maximum atomic E-state index is 13.0. The standard InChI is InChI=1S/C26H26ClFN2O2/c27-24-7-4-8-25(32-22-5-2-1-3-6-22)23(24)18-30-15-13-20(14-16-30)26(31)29-17-19-9-11-21(28)12-10-19/h1-12,20H,13-18H2,(H,29,31). The SMILES string of the molecule is O=C(NCc1ccc(F)cc1)C1CCN(Cc2c(Cl)cccc2Oc2ccccc2)CC1. The smallest absolute Gasteiger partial charge is 0.223 e. The summed E-state index contributed by atoms with van der Waals surface area (Å²) in [6.45, 7) is 2.71. The number of likely N-dealkylation sites (tertiary alicyclic amines) is 1. The van der Waals surface area contributed by atoms with Crippen molar-refractivity contribution in [1.82, 2.24) is 10.2 Å². The predicted molar refractivity (Wildman–Crippen MR) is 124 cm³/mol. The van der Waals surface area contributed by atoms with Gasteiger partial charge < -0.3 is 10.1 Å². The van der Waals surface area contributed by atoms with Gasteiger partial charge in [0, 0.05) is 29.6 Å². The number of ether oxygens (including phenoxy) is 1. The molecule has 0 atom stereocenters. The Bertz CT molecular complexity index is 1040. The Hall–Kier alpha value is -2.89. The minimum atomic E-state index is -0.275. The lowest BCUT2D eigenvalue weighted by Gasteiger charge is -2.32. The van der Waals surface area contributed by atoms with Crippen LogP contribution in [0.3, 0.4) is 0 Å². The first-order chi connectivity index (χ1) is 15.6. The number of carbonyl (C=O) groups is 1. The minimum absolute atomic E-state index is 0.0158. The second-order valence-corrected chi connectivity index (χ2v) is 8.43. The first-order valence-corrected chi connectivity index (χ1v) is 11.2. The van der Waals surface area contributed by atoms with Gasteiger partial charge in [-0.3, -0.25) is 9.69 Å². The molecule has 1 fully saturated rings. The Labute approximate surface area is 193 Å². The van der Waals surface area contributed by atoms with E-state index in [9.17, 15) is 9.18 Å². The number of nitrogens with zero attached hydrogens (tertiary/aromatic N) is 1. The molecule has 0 unspecified atom stereocenters.